The number of sulfonamides is 1. The third-order valence-corrected chi connectivity index (χ3v) is 7.72. The Bertz CT molecular complexity index is 1380. The van der Waals surface area contributed by atoms with Gasteiger partial charge in [0.1, 0.15) is 5.70 Å². The molecule has 0 saturated carbocycles. The molecule has 0 saturated heterocycles. The van der Waals surface area contributed by atoms with Crippen molar-refractivity contribution in [1.82, 2.24) is 4.31 Å². The first-order valence-corrected chi connectivity index (χ1v) is 13.0. The molecule has 0 unspecified atom stereocenters. The number of hydrogen-bond donors (Lipinski definition) is 0. The minimum absolute atomic E-state index is 0.00724. The molecule has 1 aliphatic heterocycles. The van der Waals surface area contributed by atoms with Gasteiger partial charge in [-0.2, -0.15) is 0 Å². The van der Waals surface area contributed by atoms with E-state index in [1.54, 1.807) is 72.8 Å². The summed E-state index contributed by atoms with van der Waals surface area (Å²) < 4.78 is 34.3. The van der Waals surface area contributed by atoms with Crippen LogP contribution in [0.1, 0.15) is 58.0 Å². The van der Waals surface area contributed by atoms with Crippen molar-refractivity contribution in [2.24, 2.45) is 0 Å². The summed E-state index contributed by atoms with van der Waals surface area (Å²) in [6.07, 6.45) is 2.23. The van der Waals surface area contributed by atoms with Crippen molar-refractivity contribution in [1.29, 1.82) is 0 Å². The van der Waals surface area contributed by atoms with Crippen molar-refractivity contribution >= 4 is 27.5 Å². The highest BCUT2D eigenvalue weighted by Gasteiger charge is 2.41. The summed E-state index contributed by atoms with van der Waals surface area (Å²) in [6, 6.07) is 21.6. The lowest BCUT2D eigenvalue weighted by molar-refractivity contribution is 0.0685. The number of esters is 1. The van der Waals surface area contributed by atoms with E-state index in [0.29, 0.717) is 17.5 Å². The van der Waals surface area contributed by atoms with E-state index in [-0.39, 0.29) is 28.5 Å². The van der Waals surface area contributed by atoms with Gasteiger partial charge in [0.05, 0.1) is 10.5 Å². The normalized spacial score (nSPS) is 14.4. The molecule has 1 heterocycles. The van der Waals surface area contributed by atoms with Crippen molar-refractivity contribution < 1.29 is 22.7 Å². The van der Waals surface area contributed by atoms with E-state index >= 15 is 0 Å². The fourth-order valence-corrected chi connectivity index (χ4v) is 5.69. The van der Waals surface area contributed by atoms with Crippen LogP contribution in [0.25, 0.3) is 5.76 Å². The Morgan fingerprint density at radius 1 is 0.829 bits per heavy atom. The Balaban J connectivity index is 1.92. The van der Waals surface area contributed by atoms with Gasteiger partial charge in [-0.15, -0.1) is 0 Å². The average Bonchev–Trinajstić information content (AvgIpc) is 2.87. The van der Waals surface area contributed by atoms with E-state index in [4.69, 9.17) is 4.74 Å². The first-order valence-electron chi connectivity index (χ1n) is 11.6. The van der Waals surface area contributed by atoms with Crippen LogP contribution in [0.2, 0.25) is 0 Å². The molecule has 1 aliphatic rings. The van der Waals surface area contributed by atoms with E-state index in [0.717, 1.165) is 22.7 Å². The zero-order valence-electron chi connectivity index (χ0n) is 19.7. The molecule has 0 aromatic heterocycles. The summed E-state index contributed by atoms with van der Waals surface area (Å²) in [4.78, 5) is 26.9. The van der Waals surface area contributed by atoms with Gasteiger partial charge in [0.15, 0.2) is 5.76 Å². The van der Waals surface area contributed by atoms with Gasteiger partial charge < -0.3 is 4.74 Å². The van der Waals surface area contributed by atoms with Crippen LogP contribution < -0.4 is 0 Å². The molecule has 0 radical (unpaired) electrons. The molecule has 6 nitrogen and oxygen atoms in total. The lowest BCUT2D eigenvalue weighted by Gasteiger charge is -2.33. The molecule has 0 atom stereocenters. The SMILES string of the molecule is CCCCCN1C(C(=O)c2ccccc2)=C(OC(=O)c2ccc(C)cc2)c2ccccc2S1(=O)=O. The summed E-state index contributed by atoms with van der Waals surface area (Å²) in [7, 11) is -4.04. The van der Waals surface area contributed by atoms with Gasteiger partial charge in [-0.1, -0.05) is 79.9 Å². The molecule has 0 N–H and O–H groups in total. The van der Waals surface area contributed by atoms with E-state index in [1.807, 2.05) is 13.8 Å². The number of ether oxygens (including phenoxy) is 1. The van der Waals surface area contributed by atoms with Crippen molar-refractivity contribution in [3.63, 3.8) is 0 Å². The van der Waals surface area contributed by atoms with E-state index in [9.17, 15) is 18.0 Å². The van der Waals surface area contributed by atoms with Gasteiger partial charge in [-0.05, 0) is 37.6 Å². The predicted octanol–water partition coefficient (Wildman–Crippen LogP) is 5.60. The van der Waals surface area contributed by atoms with E-state index in [2.05, 4.69) is 0 Å². The van der Waals surface area contributed by atoms with Gasteiger partial charge in [0, 0.05) is 17.7 Å². The van der Waals surface area contributed by atoms with Crippen molar-refractivity contribution in [2.45, 2.75) is 38.0 Å². The van der Waals surface area contributed by atoms with Crippen molar-refractivity contribution in [3.05, 3.63) is 107 Å². The van der Waals surface area contributed by atoms with Crippen LogP contribution in [0.3, 0.4) is 0 Å². The molecule has 3 aromatic rings. The number of aryl methyl sites for hydroxylation is 1. The lowest BCUT2D eigenvalue weighted by Crippen LogP contribution is -2.39. The molecule has 0 bridgehead atoms. The number of Topliss-reactive ketones (excluding diaryl/α,β-unsaturated/α-hetero) is 1. The standard InChI is InChI=1S/C28H27NO5S/c1-3-4-10-19-29-25(26(30)21-11-6-5-7-12-21)27(23-13-8-9-14-24(23)35(29,32)33)34-28(31)22-17-15-20(2)16-18-22/h5-9,11-18H,3-4,10,19H2,1-2H3. The number of hydrogen-bond acceptors (Lipinski definition) is 5. The van der Waals surface area contributed by atoms with Crippen LogP contribution in [0.4, 0.5) is 0 Å². The minimum atomic E-state index is -4.04. The highest BCUT2D eigenvalue weighted by molar-refractivity contribution is 7.89. The van der Waals surface area contributed by atoms with Gasteiger partial charge in [0.25, 0.3) is 10.0 Å². The quantitative estimate of drug-likeness (QED) is 0.234. The zero-order valence-corrected chi connectivity index (χ0v) is 20.5. The smallest absolute Gasteiger partial charge is 0.343 e. The molecule has 0 fully saturated rings. The maximum Gasteiger partial charge on any atom is 0.343 e. The Kier molecular flexibility index (Phi) is 7.17. The molecule has 4 rings (SSSR count). The number of carbonyl (C=O) groups excluding carboxylic acids is 2. The second-order valence-corrected chi connectivity index (χ2v) is 10.2. The number of benzene rings is 3. The van der Waals surface area contributed by atoms with Gasteiger partial charge in [-0.3, -0.25) is 9.10 Å². The first kappa shape index (κ1) is 24.4. The Hall–Kier alpha value is -3.71. The summed E-state index contributed by atoms with van der Waals surface area (Å²) in [5.74, 6) is -1.24. The Morgan fingerprint density at radius 2 is 1.49 bits per heavy atom. The number of ketones is 1. The van der Waals surface area contributed by atoms with E-state index < -0.39 is 21.8 Å². The molecule has 0 amide bonds. The van der Waals surface area contributed by atoms with E-state index in [1.165, 1.54) is 6.07 Å². The number of rotatable bonds is 8. The molecule has 3 aromatic carbocycles. The van der Waals surface area contributed by atoms with Crippen LogP contribution in [-0.2, 0) is 14.8 Å². The average molecular weight is 490 g/mol. The fourth-order valence-electron chi connectivity index (χ4n) is 3.98. The molecule has 7 heteroatoms. The number of allylic oxidation sites excluding steroid dienone is 1. The van der Waals surface area contributed by atoms with Gasteiger partial charge in [-0.25, -0.2) is 13.2 Å². The minimum Gasteiger partial charge on any atom is -0.420 e. The third-order valence-electron chi connectivity index (χ3n) is 5.86. The lowest BCUT2D eigenvalue weighted by atomic mass is 10.0. The third kappa shape index (κ3) is 4.91. The maximum atomic E-state index is 13.8. The summed E-state index contributed by atoms with van der Waals surface area (Å²) >= 11 is 0. The summed E-state index contributed by atoms with van der Waals surface area (Å²) in [6.45, 7) is 4.02. The molecular weight excluding hydrogens is 462 g/mol. The second kappa shape index (κ2) is 10.3. The van der Waals surface area contributed by atoms with Crippen LogP contribution in [0.5, 0.6) is 0 Å². The topological polar surface area (TPSA) is 80.8 Å². The summed E-state index contributed by atoms with van der Waals surface area (Å²) in [5.41, 5.74) is 1.64. The zero-order chi connectivity index (χ0) is 25.0. The molecule has 180 valence electrons. The monoisotopic (exact) mass is 489 g/mol. The van der Waals surface area contributed by atoms with Crippen LogP contribution in [0.15, 0.2) is 89.5 Å². The highest BCUT2D eigenvalue weighted by Crippen LogP contribution is 2.39. The molecular formula is C28H27NO5S. The highest BCUT2D eigenvalue weighted by atomic mass is 32.2. The first-order chi connectivity index (χ1) is 16.8. The second-order valence-electron chi connectivity index (χ2n) is 8.41. The maximum absolute atomic E-state index is 13.8. The predicted molar refractivity (Wildman–Crippen MR) is 134 cm³/mol. The van der Waals surface area contributed by atoms with Crippen molar-refractivity contribution in [3.8, 4) is 0 Å². The molecule has 0 spiro atoms. The van der Waals surface area contributed by atoms with Gasteiger partial charge >= 0.3 is 5.97 Å². The largest absolute Gasteiger partial charge is 0.420 e. The van der Waals surface area contributed by atoms with Gasteiger partial charge in [0.2, 0.25) is 5.78 Å². The Labute approximate surface area is 205 Å². The number of unbranched alkanes of at least 4 members (excludes halogenated alkanes) is 2. The number of carbonyl (C=O) groups is 2. The summed E-state index contributed by atoms with van der Waals surface area (Å²) in [5, 5.41) is 0. The molecule has 35 heavy (non-hydrogen) atoms. The Morgan fingerprint density at radius 3 is 2.17 bits per heavy atom. The molecule has 0 aliphatic carbocycles. The van der Waals surface area contributed by atoms with Crippen LogP contribution in [-0.4, -0.2) is 31.0 Å². The fraction of sp³-hybridized carbons (Fsp3) is 0.214. The number of nitrogens with zero attached hydrogens (tertiary/aromatic N) is 1. The van der Waals surface area contributed by atoms with Crippen LogP contribution in [0, 0.1) is 6.92 Å². The van der Waals surface area contributed by atoms with Crippen molar-refractivity contribution in [2.75, 3.05) is 6.54 Å². The number of fused-ring (bicyclic) bond motifs is 1. The van der Waals surface area contributed by atoms with Crippen LogP contribution >= 0.6 is 0 Å².